The van der Waals surface area contributed by atoms with E-state index < -0.39 is 9.84 Å². The van der Waals surface area contributed by atoms with Crippen molar-refractivity contribution in [3.63, 3.8) is 0 Å². The molecule has 0 aromatic carbocycles. The Hall–Kier alpha value is -0.0900. The zero-order valence-corrected chi connectivity index (χ0v) is 10.1. The minimum atomic E-state index is -2.77. The molecular formula is C10H23NO2S. The highest BCUT2D eigenvalue weighted by Gasteiger charge is 2.07. The Bertz CT molecular complexity index is 224. The lowest BCUT2D eigenvalue weighted by Gasteiger charge is -2.09. The van der Waals surface area contributed by atoms with Crippen LogP contribution in [0, 0.1) is 0 Å². The molecule has 2 N–H and O–H groups in total. The molecule has 0 radical (unpaired) electrons. The van der Waals surface area contributed by atoms with E-state index in [0.717, 1.165) is 32.1 Å². The maximum Gasteiger partial charge on any atom is 0.150 e. The molecule has 0 fully saturated rings. The van der Waals surface area contributed by atoms with Crippen molar-refractivity contribution in [3.8, 4) is 0 Å². The van der Waals surface area contributed by atoms with Gasteiger partial charge in [-0.15, -0.1) is 0 Å². The second-order valence-electron chi connectivity index (χ2n) is 3.78. The molecule has 0 spiro atoms. The van der Waals surface area contributed by atoms with Crippen molar-refractivity contribution in [2.24, 2.45) is 5.73 Å². The standard InChI is InChI=1S/C10H23NO2S/c1-3-7-10(11)8-5-6-9-14(12,13)4-2/h10H,3-9,11H2,1-2H3. The SMILES string of the molecule is CCCC(N)CCCCS(=O)(=O)CC. The molecule has 86 valence electrons. The first-order chi connectivity index (χ1) is 6.52. The lowest BCUT2D eigenvalue weighted by Crippen LogP contribution is -2.19. The number of hydrogen-bond donors (Lipinski definition) is 1. The van der Waals surface area contributed by atoms with E-state index in [2.05, 4.69) is 6.92 Å². The van der Waals surface area contributed by atoms with Crippen LogP contribution in [0.2, 0.25) is 0 Å². The van der Waals surface area contributed by atoms with Crippen LogP contribution in [0.1, 0.15) is 46.0 Å². The van der Waals surface area contributed by atoms with Crippen LogP contribution in [0.4, 0.5) is 0 Å². The summed E-state index contributed by atoms with van der Waals surface area (Å²) in [5.74, 6) is 0.580. The molecule has 0 bridgehead atoms. The normalized spacial score (nSPS) is 14.2. The molecule has 4 heteroatoms. The fraction of sp³-hybridized carbons (Fsp3) is 1.00. The number of unbranched alkanes of at least 4 members (excludes halogenated alkanes) is 1. The van der Waals surface area contributed by atoms with Crippen LogP contribution in [0.25, 0.3) is 0 Å². The quantitative estimate of drug-likeness (QED) is 0.635. The lowest BCUT2D eigenvalue weighted by molar-refractivity contribution is 0.532. The molecule has 0 saturated carbocycles. The van der Waals surface area contributed by atoms with Gasteiger partial charge in [0.05, 0.1) is 5.75 Å². The second-order valence-corrected chi connectivity index (χ2v) is 6.25. The Morgan fingerprint density at radius 2 is 1.79 bits per heavy atom. The Balaban J connectivity index is 3.47. The molecule has 0 heterocycles. The van der Waals surface area contributed by atoms with E-state index in [9.17, 15) is 8.42 Å². The minimum absolute atomic E-state index is 0.254. The highest BCUT2D eigenvalue weighted by Crippen LogP contribution is 2.06. The van der Waals surface area contributed by atoms with Gasteiger partial charge in [0.15, 0.2) is 0 Å². The van der Waals surface area contributed by atoms with Crippen LogP contribution < -0.4 is 5.73 Å². The zero-order chi connectivity index (χ0) is 11.0. The first-order valence-electron chi connectivity index (χ1n) is 5.47. The highest BCUT2D eigenvalue weighted by molar-refractivity contribution is 7.91. The fourth-order valence-electron chi connectivity index (χ4n) is 1.39. The molecule has 0 amide bonds. The monoisotopic (exact) mass is 221 g/mol. The van der Waals surface area contributed by atoms with Gasteiger partial charge in [-0.3, -0.25) is 0 Å². The summed E-state index contributed by atoms with van der Waals surface area (Å²) in [6.07, 6.45) is 4.79. The van der Waals surface area contributed by atoms with Crippen molar-refractivity contribution in [3.05, 3.63) is 0 Å². The summed E-state index contributed by atoms with van der Waals surface area (Å²) in [6.45, 7) is 3.81. The summed E-state index contributed by atoms with van der Waals surface area (Å²) in [5.41, 5.74) is 5.82. The number of nitrogens with two attached hydrogens (primary N) is 1. The van der Waals surface area contributed by atoms with Gasteiger partial charge in [0.25, 0.3) is 0 Å². The van der Waals surface area contributed by atoms with E-state index in [0.29, 0.717) is 5.75 Å². The van der Waals surface area contributed by atoms with Gasteiger partial charge in [0.1, 0.15) is 9.84 Å². The molecular weight excluding hydrogens is 198 g/mol. The third-order valence-corrected chi connectivity index (χ3v) is 4.17. The van der Waals surface area contributed by atoms with Crippen LogP contribution in [-0.4, -0.2) is 26.0 Å². The van der Waals surface area contributed by atoms with Crippen molar-refractivity contribution in [1.82, 2.24) is 0 Å². The highest BCUT2D eigenvalue weighted by atomic mass is 32.2. The van der Waals surface area contributed by atoms with Crippen molar-refractivity contribution < 1.29 is 8.42 Å². The number of sulfone groups is 1. The van der Waals surface area contributed by atoms with Crippen molar-refractivity contribution >= 4 is 9.84 Å². The first kappa shape index (κ1) is 13.9. The molecule has 0 saturated heterocycles. The van der Waals surface area contributed by atoms with Crippen molar-refractivity contribution in [2.75, 3.05) is 11.5 Å². The average Bonchev–Trinajstić information content (AvgIpc) is 2.13. The van der Waals surface area contributed by atoms with E-state index in [1.807, 2.05) is 0 Å². The van der Waals surface area contributed by atoms with E-state index in [-0.39, 0.29) is 11.8 Å². The predicted octanol–water partition coefficient (Wildman–Crippen LogP) is 1.72. The first-order valence-corrected chi connectivity index (χ1v) is 7.30. The largest absolute Gasteiger partial charge is 0.328 e. The molecule has 14 heavy (non-hydrogen) atoms. The summed E-state index contributed by atoms with van der Waals surface area (Å²) in [4.78, 5) is 0. The van der Waals surface area contributed by atoms with E-state index in [4.69, 9.17) is 5.73 Å². The summed E-state index contributed by atoms with van der Waals surface area (Å²) in [5, 5.41) is 0. The Morgan fingerprint density at radius 3 is 2.29 bits per heavy atom. The fourth-order valence-corrected chi connectivity index (χ4v) is 2.32. The topological polar surface area (TPSA) is 60.2 Å². The Labute approximate surface area is 88.0 Å². The Kier molecular flexibility index (Phi) is 7.19. The molecule has 0 aliphatic carbocycles. The maximum atomic E-state index is 11.1. The predicted molar refractivity (Wildman–Crippen MR) is 61.1 cm³/mol. The van der Waals surface area contributed by atoms with E-state index >= 15 is 0 Å². The maximum absolute atomic E-state index is 11.1. The molecule has 3 nitrogen and oxygen atoms in total. The number of rotatable bonds is 8. The van der Waals surface area contributed by atoms with Gasteiger partial charge in [-0.25, -0.2) is 8.42 Å². The second kappa shape index (κ2) is 7.23. The van der Waals surface area contributed by atoms with Gasteiger partial charge in [-0.2, -0.15) is 0 Å². The van der Waals surface area contributed by atoms with Crippen LogP contribution >= 0.6 is 0 Å². The average molecular weight is 221 g/mol. The van der Waals surface area contributed by atoms with Gasteiger partial charge >= 0.3 is 0 Å². The lowest BCUT2D eigenvalue weighted by atomic mass is 10.1. The summed E-state index contributed by atoms with van der Waals surface area (Å²) in [6, 6.07) is 0.254. The smallest absolute Gasteiger partial charge is 0.150 e. The van der Waals surface area contributed by atoms with Crippen LogP contribution in [-0.2, 0) is 9.84 Å². The molecule has 0 rings (SSSR count). The van der Waals surface area contributed by atoms with E-state index in [1.54, 1.807) is 6.92 Å². The molecule has 1 atom stereocenters. The summed E-state index contributed by atoms with van der Waals surface area (Å²) >= 11 is 0. The molecule has 0 aliphatic rings. The summed E-state index contributed by atoms with van der Waals surface area (Å²) in [7, 11) is -2.77. The summed E-state index contributed by atoms with van der Waals surface area (Å²) < 4.78 is 22.3. The van der Waals surface area contributed by atoms with E-state index in [1.165, 1.54) is 0 Å². The van der Waals surface area contributed by atoms with Gasteiger partial charge in [-0.1, -0.05) is 26.7 Å². The molecule has 0 aliphatic heterocycles. The van der Waals surface area contributed by atoms with Crippen LogP contribution in [0.15, 0.2) is 0 Å². The third-order valence-electron chi connectivity index (χ3n) is 2.38. The van der Waals surface area contributed by atoms with Gasteiger partial charge < -0.3 is 5.73 Å². The number of hydrogen-bond acceptors (Lipinski definition) is 3. The molecule has 1 unspecified atom stereocenters. The van der Waals surface area contributed by atoms with Crippen molar-refractivity contribution in [1.29, 1.82) is 0 Å². The van der Waals surface area contributed by atoms with Gasteiger partial charge in [0, 0.05) is 11.8 Å². The van der Waals surface area contributed by atoms with Crippen LogP contribution in [0.3, 0.4) is 0 Å². The zero-order valence-electron chi connectivity index (χ0n) is 9.33. The molecule has 0 aromatic rings. The van der Waals surface area contributed by atoms with Gasteiger partial charge in [0.2, 0.25) is 0 Å². The van der Waals surface area contributed by atoms with Gasteiger partial charge in [-0.05, 0) is 19.3 Å². The Morgan fingerprint density at radius 1 is 1.14 bits per heavy atom. The van der Waals surface area contributed by atoms with Crippen LogP contribution in [0.5, 0.6) is 0 Å². The molecule has 0 aromatic heterocycles. The third kappa shape index (κ3) is 7.33. The minimum Gasteiger partial charge on any atom is -0.328 e. The van der Waals surface area contributed by atoms with Crippen molar-refractivity contribution in [2.45, 2.75) is 52.0 Å².